The van der Waals surface area contributed by atoms with Crippen molar-refractivity contribution < 1.29 is 14.3 Å². The third-order valence-corrected chi connectivity index (χ3v) is 2.93. The van der Waals surface area contributed by atoms with Crippen LogP contribution in [0.15, 0.2) is 6.20 Å². The Morgan fingerprint density at radius 3 is 3.17 bits per heavy atom. The first-order chi connectivity index (χ1) is 8.56. The second kappa shape index (κ2) is 5.34. The van der Waals surface area contributed by atoms with Crippen LogP contribution >= 0.6 is 11.6 Å². The van der Waals surface area contributed by atoms with E-state index in [9.17, 15) is 9.18 Å². The second-order valence-electron chi connectivity index (χ2n) is 4.05. The molecule has 0 radical (unpaired) electrons. The minimum atomic E-state index is -0.970. The van der Waals surface area contributed by atoms with E-state index in [1.807, 2.05) is 0 Å². The summed E-state index contributed by atoms with van der Waals surface area (Å²) < 4.78 is 13.4. The van der Waals surface area contributed by atoms with Crippen molar-refractivity contribution in [3.05, 3.63) is 17.3 Å². The minimum Gasteiger partial charge on any atom is -0.465 e. The third kappa shape index (κ3) is 2.98. The molecule has 1 amide bonds. The number of nitrogens with zero attached hydrogens (tertiary/aromatic N) is 3. The van der Waals surface area contributed by atoms with Gasteiger partial charge in [-0.3, -0.25) is 0 Å². The minimum absolute atomic E-state index is 0.00670. The summed E-state index contributed by atoms with van der Waals surface area (Å²) in [5.41, 5.74) is 0. The van der Waals surface area contributed by atoms with E-state index >= 15 is 0 Å². The van der Waals surface area contributed by atoms with Gasteiger partial charge in [0.15, 0.2) is 11.6 Å². The van der Waals surface area contributed by atoms with Crippen molar-refractivity contribution in [2.75, 3.05) is 18.4 Å². The molecule has 1 atom stereocenters. The zero-order valence-electron chi connectivity index (χ0n) is 9.44. The largest absolute Gasteiger partial charge is 0.465 e. The van der Waals surface area contributed by atoms with Gasteiger partial charge in [0.1, 0.15) is 0 Å². The maximum atomic E-state index is 13.4. The number of hydrogen-bond donors (Lipinski definition) is 2. The third-order valence-electron chi connectivity index (χ3n) is 2.75. The van der Waals surface area contributed by atoms with Gasteiger partial charge in [0, 0.05) is 19.1 Å². The highest BCUT2D eigenvalue weighted by Gasteiger charge is 2.24. The van der Waals surface area contributed by atoms with Crippen LogP contribution in [0.1, 0.15) is 12.8 Å². The van der Waals surface area contributed by atoms with Crippen molar-refractivity contribution in [1.29, 1.82) is 0 Å². The van der Waals surface area contributed by atoms with Crippen LogP contribution in [0.3, 0.4) is 0 Å². The molecule has 0 aliphatic carbocycles. The summed E-state index contributed by atoms with van der Waals surface area (Å²) in [7, 11) is 0. The number of halogens is 2. The average Bonchev–Trinajstić information content (AvgIpc) is 2.34. The first kappa shape index (κ1) is 12.8. The van der Waals surface area contributed by atoms with Gasteiger partial charge in [-0.15, -0.1) is 0 Å². The van der Waals surface area contributed by atoms with E-state index in [0.717, 1.165) is 19.0 Å². The van der Waals surface area contributed by atoms with Crippen LogP contribution in [-0.4, -0.2) is 45.2 Å². The fourth-order valence-electron chi connectivity index (χ4n) is 1.91. The van der Waals surface area contributed by atoms with Crippen LogP contribution in [0.4, 0.5) is 15.0 Å². The van der Waals surface area contributed by atoms with Crippen LogP contribution in [0, 0.1) is 5.82 Å². The van der Waals surface area contributed by atoms with Gasteiger partial charge in [-0.25, -0.2) is 14.2 Å². The number of piperidine rings is 1. The van der Waals surface area contributed by atoms with E-state index in [-0.39, 0.29) is 17.1 Å². The Balaban J connectivity index is 2.04. The van der Waals surface area contributed by atoms with Crippen LogP contribution in [0.25, 0.3) is 0 Å². The SMILES string of the molecule is O=C(O)N1CCC[C@H](Nc2nc(Cl)ncc2F)C1. The summed E-state index contributed by atoms with van der Waals surface area (Å²) in [6.07, 6.45) is 1.49. The molecule has 2 rings (SSSR count). The number of likely N-dealkylation sites (tertiary alicyclic amines) is 1. The summed E-state index contributed by atoms with van der Waals surface area (Å²) in [4.78, 5) is 19.4. The topological polar surface area (TPSA) is 78.4 Å². The number of carboxylic acid groups (broad SMARTS) is 1. The molecule has 0 aromatic carbocycles. The molecule has 2 N–H and O–H groups in total. The predicted octanol–water partition coefficient (Wildman–Crippen LogP) is 1.82. The van der Waals surface area contributed by atoms with Crippen molar-refractivity contribution in [2.24, 2.45) is 0 Å². The smallest absolute Gasteiger partial charge is 0.407 e. The molecule has 8 heteroatoms. The molecule has 6 nitrogen and oxygen atoms in total. The van der Waals surface area contributed by atoms with Gasteiger partial charge in [-0.1, -0.05) is 0 Å². The molecule has 0 unspecified atom stereocenters. The van der Waals surface area contributed by atoms with Crippen LogP contribution in [-0.2, 0) is 0 Å². The van der Waals surface area contributed by atoms with Crippen LogP contribution in [0.5, 0.6) is 0 Å². The second-order valence-corrected chi connectivity index (χ2v) is 4.39. The molecule has 1 aliphatic heterocycles. The summed E-state index contributed by atoms with van der Waals surface area (Å²) in [5, 5.41) is 11.7. The van der Waals surface area contributed by atoms with E-state index in [1.54, 1.807) is 0 Å². The van der Waals surface area contributed by atoms with Crippen LogP contribution in [0.2, 0.25) is 5.28 Å². The van der Waals surface area contributed by atoms with Crippen molar-refractivity contribution in [1.82, 2.24) is 14.9 Å². The van der Waals surface area contributed by atoms with Gasteiger partial charge >= 0.3 is 6.09 Å². The molecule has 0 bridgehead atoms. The lowest BCUT2D eigenvalue weighted by molar-refractivity contribution is 0.132. The Morgan fingerprint density at radius 1 is 1.67 bits per heavy atom. The molecule has 1 aromatic rings. The fourth-order valence-corrected chi connectivity index (χ4v) is 2.04. The Labute approximate surface area is 108 Å². The maximum Gasteiger partial charge on any atom is 0.407 e. The van der Waals surface area contributed by atoms with Gasteiger partial charge < -0.3 is 15.3 Å². The van der Waals surface area contributed by atoms with E-state index in [4.69, 9.17) is 16.7 Å². The number of hydrogen-bond acceptors (Lipinski definition) is 4. The normalized spacial score (nSPS) is 19.7. The molecule has 98 valence electrons. The standard InChI is InChI=1S/C10H12ClFN4O2/c11-9-13-4-7(12)8(15-9)14-6-2-1-3-16(5-6)10(17)18/h4,6H,1-3,5H2,(H,17,18)(H,13,14,15)/t6-/m0/s1. The van der Waals surface area contributed by atoms with Crippen molar-refractivity contribution >= 4 is 23.5 Å². The molecule has 2 heterocycles. The Morgan fingerprint density at radius 2 is 2.44 bits per heavy atom. The number of rotatable bonds is 2. The molecule has 1 aromatic heterocycles. The highest BCUT2D eigenvalue weighted by atomic mass is 35.5. The highest BCUT2D eigenvalue weighted by Crippen LogP contribution is 2.18. The molecule has 18 heavy (non-hydrogen) atoms. The lowest BCUT2D eigenvalue weighted by Gasteiger charge is -2.31. The summed E-state index contributed by atoms with van der Waals surface area (Å²) in [6.45, 7) is 0.803. The predicted molar refractivity (Wildman–Crippen MR) is 63.2 cm³/mol. The van der Waals surface area contributed by atoms with Gasteiger partial charge in [-0.2, -0.15) is 4.98 Å². The van der Waals surface area contributed by atoms with E-state index in [1.165, 1.54) is 4.90 Å². The number of carbonyl (C=O) groups is 1. The monoisotopic (exact) mass is 274 g/mol. The van der Waals surface area contributed by atoms with Gasteiger partial charge in [0.05, 0.1) is 6.20 Å². The summed E-state index contributed by atoms with van der Waals surface area (Å²) in [5.74, 6) is -0.598. The quantitative estimate of drug-likeness (QED) is 0.805. The summed E-state index contributed by atoms with van der Waals surface area (Å²) >= 11 is 5.58. The fraction of sp³-hybridized carbons (Fsp3) is 0.500. The number of nitrogens with one attached hydrogen (secondary N) is 1. The lowest BCUT2D eigenvalue weighted by Crippen LogP contribution is -2.44. The maximum absolute atomic E-state index is 13.4. The van der Waals surface area contributed by atoms with Gasteiger partial charge in [0.2, 0.25) is 5.28 Å². The molecule has 1 fully saturated rings. The molecular weight excluding hydrogens is 263 g/mol. The van der Waals surface area contributed by atoms with Crippen molar-refractivity contribution in [2.45, 2.75) is 18.9 Å². The molecule has 1 aliphatic rings. The Bertz CT molecular complexity index is 460. The average molecular weight is 275 g/mol. The zero-order valence-corrected chi connectivity index (χ0v) is 10.2. The van der Waals surface area contributed by atoms with Gasteiger partial charge in [-0.05, 0) is 24.4 Å². The number of aromatic nitrogens is 2. The van der Waals surface area contributed by atoms with E-state index in [2.05, 4.69) is 15.3 Å². The highest BCUT2D eigenvalue weighted by molar-refractivity contribution is 6.28. The summed E-state index contributed by atoms with van der Waals surface area (Å²) in [6, 6.07) is -0.171. The molecule has 0 saturated carbocycles. The Kier molecular flexibility index (Phi) is 3.81. The van der Waals surface area contributed by atoms with Crippen LogP contribution < -0.4 is 5.32 Å². The van der Waals surface area contributed by atoms with E-state index in [0.29, 0.717) is 13.1 Å². The van der Waals surface area contributed by atoms with Crippen molar-refractivity contribution in [3.8, 4) is 0 Å². The molecule has 0 spiro atoms. The Hall–Kier alpha value is -1.63. The van der Waals surface area contributed by atoms with Gasteiger partial charge in [0.25, 0.3) is 0 Å². The number of amides is 1. The first-order valence-electron chi connectivity index (χ1n) is 5.48. The first-order valence-corrected chi connectivity index (χ1v) is 5.86. The molecule has 1 saturated heterocycles. The zero-order chi connectivity index (χ0) is 13.1. The number of anilines is 1. The van der Waals surface area contributed by atoms with Crippen molar-refractivity contribution in [3.63, 3.8) is 0 Å². The van der Waals surface area contributed by atoms with E-state index < -0.39 is 11.9 Å². The molecular formula is C10H12ClFN4O2. The lowest BCUT2D eigenvalue weighted by atomic mass is 10.1.